The van der Waals surface area contributed by atoms with E-state index in [0.29, 0.717) is 13.0 Å². The third kappa shape index (κ3) is 2.62. The standard InChI is InChI=1S/C13H12F3NO2/c1-8(18)17-6-2-3-12(19)10-7-9(13(14,15)16)4-5-11(10)17/h4-5,7H,2-3,6H2,1H3. The maximum atomic E-state index is 12.7. The third-order valence-electron chi connectivity index (χ3n) is 3.08. The number of amides is 1. The van der Waals surface area contributed by atoms with Crippen molar-refractivity contribution in [3.8, 4) is 0 Å². The fourth-order valence-electron chi connectivity index (χ4n) is 2.15. The monoisotopic (exact) mass is 271 g/mol. The van der Waals surface area contributed by atoms with Crippen molar-refractivity contribution in [2.45, 2.75) is 25.9 Å². The van der Waals surface area contributed by atoms with Crippen molar-refractivity contribution >= 4 is 17.4 Å². The molecule has 0 bridgehead atoms. The van der Waals surface area contributed by atoms with Crippen LogP contribution < -0.4 is 4.90 Å². The lowest BCUT2D eigenvalue weighted by Gasteiger charge is -2.21. The molecule has 0 unspecified atom stereocenters. The van der Waals surface area contributed by atoms with Crippen LogP contribution in [-0.4, -0.2) is 18.2 Å². The van der Waals surface area contributed by atoms with Crippen molar-refractivity contribution < 1.29 is 22.8 Å². The number of Topliss-reactive ketones (excluding diaryl/α,β-unsaturated/α-hetero) is 1. The first kappa shape index (κ1) is 13.6. The Kier molecular flexibility index (Phi) is 3.34. The zero-order valence-corrected chi connectivity index (χ0v) is 10.3. The van der Waals surface area contributed by atoms with Crippen molar-refractivity contribution in [2.24, 2.45) is 0 Å². The molecule has 0 spiro atoms. The summed E-state index contributed by atoms with van der Waals surface area (Å²) in [6, 6.07) is 2.93. The molecule has 0 atom stereocenters. The van der Waals surface area contributed by atoms with E-state index in [4.69, 9.17) is 0 Å². The van der Waals surface area contributed by atoms with Crippen molar-refractivity contribution in [1.29, 1.82) is 0 Å². The summed E-state index contributed by atoms with van der Waals surface area (Å²) in [7, 11) is 0. The largest absolute Gasteiger partial charge is 0.416 e. The minimum Gasteiger partial charge on any atom is -0.312 e. The second-order valence-electron chi connectivity index (χ2n) is 4.43. The van der Waals surface area contributed by atoms with Crippen LogP contribution >= 0.6 is 0 Å². The van der Waals surface area contributed by atoms with E-state index in [1.54, 1.807) is 0 Å². The van der Waals surface area contributed by atoms with E-state index in [-0.39, 0.29) is 29.4 Å². The molecule has 0 radical (unpaired) electrons. The van der Waals surface area contributed by atoms with Gasteiger partial charge in [-0.3, -0.25) is 9.59 Å². The molecule has 0 saturated heterocycles. The van der Waals surface area contributed by atoms with Gasteiger partial charge in [-0.05, 0) is 24.6 Å². The predicted molar refractivity (Wildman–Crippen MR) is 63.0 cm³/mol. The molecule has 1 aliphatic rings. The first-order valence-corrected chi connectivity index (χ1v) is 5.83. The number of hydrogen-bond donors (Lipinski definition) is 0. The molecule has 1 heterocycles. The summed E-state index contributed by atoms with van der Waals surface area (Å²) in [5.74, 6) is -0.638. The molecule has 2 rings (SSSR count). The molecular formula is C13H12F3NO2. The maximum Gasteiger partial charge on any atom is 0.416 e. The number of ketones is 1. The van der Waals surface area contributed by atoms with Gasteiger partial charge < -0.3 is 4.90 Å². The van der Waals surface area contributed by atoms with Crippen LogP contribution in [0.1, 0.15) is 35.7 Å². The summed E-state index contributed by atoms with van der Waals surface area (Å²) in [5.41, 5.74) is -0.629. The Labute approximate surface area is 108 Å². The number of carbonyl (C=O) groups excluding carboxylic acids is 2. The second-order valence-corrected chi connectivity index (χ2v) is 4.43. The minimum atomic E-state index is -4.50. The van der Waals surface area contributed by atoms with E-state index >= 15 is 0 Å². The average molecular weight is 271 g/mol. The number of fused-ring (bicyclic) bond motifs is 1. The van der Waals surface area contributed by atoms with E-state index < -0.39 is 11.7 Å². The van der Waals surface area contributed by atoms with Crippen molar-refractivity contribution in [3.63, 3.8) is 0 Å². The quantitative estimate of drug-likeness (QED) is 0.727. The van der Waals surface area contributed by atoms with Crippen molar-refractivity contribution in [1.82, 2.24) is 0 Å². The molecule has 0 fully saturated rings. The number of rotatable bonds is 0. The molecule has 1 amide bonds. The fraction of sp³-hybridized carbons (Fsp3) is 0.385. The van der Waals surface area contributed by atoms with Crippen LogP contribution in [0.4, 0.5) is 18.9 Å². The van der Waals surface area contributed by atoms with Crippen LogP contribution in [-0.2, 0) is 11.0 Å². The number of hydrogen-bond acceptors (Lipinski definition) is 2. The lowest BCUT2D eigenvalue weighted by atomic mass is 10.0. The highest BCUT2D eigenvalue weighted by Gasteiger charge is 2.33. The second kappa shape index (κ2) is 4.68. The van der Waals surface area contributed by atoms with E-state index in [9.17, 15) is 22.8 Å². The highest BCUT2D eigenvalue weighted by molar-refractivity contribution is 6.06. The van der Waals surface area contributed by atoms with E-state index in [2.05, 4.69) is 0 Å². The average Bonchev–Trinajstić information content (AvgIpc) is 2.47. The first-order valence-electron chi connectivity index (χ1n) is 5.83. The molecule has 0 N–H and O–H groups in total. The summed E-state index contributed by atoms with van der Waals surface area (Å²) in [4.78, 5) is 24.7. The topological polar surface area (TPSA) is 37.4 Å². The maximum absolute atomic E-state index is 12.7. The van der Waals surface area contributed by atoms with Crippen LogP contribution in [0.25, 0.3) is 0 Å². The molecule has 0 aliphatic carbocycles. The number of halogens is 3. The number of alkyl halides is 3. The van der Waals surface area contributed by atoms with Crippen LogP contribution in [0.15, 0.2) is 18.2 Å². The zero-order valence-electron chi connectivity index (χ0n) is 10.3. The molecule has 19 heavy (non-hydrogen) atoms. The summed E-state index contributed by atoms with van der Waals surface area (Å²) < 4.78 is 38.0. The van der Waals surface area contributed by atoms with Gasteiger partial charge in [0.25, 0.3) is 0 Å². The summed E-state index contributed by atoms with van der Waals surface area (Å²) in [6.07, 6.45) is -3.89. The van der Waals surface area contributed by atoms with Gasteiger partial charge in [0.05, 0.1) is 11.3 Å². The van der Waals surface area contributed by atoms with Crippen molar-refractivity contribution in [3.05, 3.63) is 29.3 Å². The van der Waals surface area contributed by atoms with E-state index in [0.717, 1.165) is 12.1 Å². The van der Waals surface area contributed by atoms with Gasteiger partial charge in [0.15, 0.2) is 5.78 Å². The SMILES string of the molecule is CC(=O)N1CCCC(=O)c2cc(C(F)(F)F)ccc21. The lowest BCUT2D eigenvalue weighted by Crippen LogP contribution is -2.29. The normalized spacial score (nSPS) is 16.0. The summed E-state index contributed by atoms with van der Waals surface area (Å²) >= 11 is 0. The Hall–Kier alpha value is -1.85. The predicted octanol–water partition coefficient (Wildman–Crippen LogP) is 3.03. The molecule has 6 heteroatoms. The van der Waals surface area contributed by atoms with Gasteiger partial charge >= 0.3 is 6.18 Å². The van der Waals surface area contributed by atoms with Crippen LogP contribution in [0.3, 0.4) is 0 Å². The number of benzene rings is 1. The Morgan fingerprint density at radius 3 is 2.58 bits per heavy atom. The highest BCUT2D eigenvalue weighted by Crippen LogP contribution is 2.34. The fourth-order valence-corrected chi connectivity index (χ4v) is 2.15. The Morgan fingerprint density at radius 1 is 1.32 bits per heavy atom. The van der Waals surface area contributed by atoms with Gasteiger partial charge in [0, 0.05) is 25.5 Å². The summed E-state index contributed by atoms with van der Waals surface area (Å²) in [5, 5.41) is 0. The van der Waals surface area contributed by atoms with E-state index in [1.807, 2.05) is 0 Å². The Balaban J connectivity index is 2.57. The molecule has 3 nitrogen and oxygen atoms in total. The smallest absolute Gasteiger partial charge is 0.312 e. The third-order valence-corrected chi connectivity index (χ3v) is 3.08. The molecule has 1 aliphatic heterocycles. The van der Waals surface area contributed by atoms with E-state index in [1.165, 1.54) is 17.9 Å². The molecule has 1 aromatic rings. The number of anilines is 1. The number of nitrogens with zero attached hydrogens (tertiary/aromatic N) is 1. The molecule has 1 aromatic carbocycles. The van der Waals surface area contributed by atoms with Crippen LogP contribution in [0, 0.1) is 0 Å². The van der Waals surface area contributed by atoms with Gasteiger partial charge in [0.2, 0.25) is 5.91 Å². The van der Waals surface area contributed by atoms with Gasteiger partial charge in [0.1, 0.15) is 0 Å². The Morgan fingerprint density at radius 2 is 2.00 bits per heavy atom. The van der Waals surface area contributed by atoms with Gasteiger partial charge in [-0.15, -0.1) is 0 Å². The molecule has 0 aromatic heterocycles. The molecule has 102 valence electrons. The zero-order chi connectivity index (χ0) is 14.2. The van der Waals surface area contributed by atoms with Gasteiger partial charge in [-0.2, -0.15) is 13.2 Å². The van der Waals surface area contributed by atoms with Gasteiger partial charge in [-0.25, -0.2) is 0 Å². The molecular weight excluding hydrogens is 259 g/mol. The first-order chi connectivity index (χ1) is 8.80. The highest BCUT2D eigenvalue weighted by atomic mass is 19.4. The molecule has 0 saturated carbocycles. The Bertz CT molecular complexity index is 537. The summed E-state index contributed by atoms with van der Waals surface area (Å²) in [6.45, 7) is 1.68. The van der Waals surface area contributed by atoms with Crippen molar-refractivity contribution in [2.75, 3.05) is 11.4 Å². The number of carbonyl (C=O) groups is 2. The lowest BCUT2D eigenvalue weighted by molar-refractivity contribution is -0.137. The van der Waals surface area contributed by atoms with Crippen LogP contribution in [0.2, 0.25) is 0 Å². The van der Waals surface area contributed by atoms with Crippen LogP contribution in [0.5, 0.6) is 0 Å². The minimum absolute atomic E-state index is 0.0254. The van der Waals surface area contributed by atoms with Gasteiger partial charge in [-0.1, -0.05) is 0 Å².